The van der Waals surface area contributed by atoms with Crippen LogP contribution in [0.25, 0.3) is 0 Å². The fraction of sp³-hybridized carbons (Fsp3) is 0.889. The summed E-state index contributed by atoms with van der Waals surface area (Å²) in [5.74, 6) is 0. The van der Waals surface area contributed by atoms with Crippen LogP contribution in [0.15, 0.2) is 0 Å². The van der Waals surface area contributed by atoms with Gasteiger partial charge in [-0.25, -0.2) is 0 Å². The Morgan fingerprint density at radius 2 is 1.75 bits per heavy atom. The minimum absolute atomic E-state index is 0.252. The van der Waals surface area contributed by atoms with E-state index in [-0.39, 0.29) is 6.67 Å². The standard InChI is InChI=1S/C9H16FNO/c10-6-2-5-9-12-8-4-1-3-7-11/h1-6,8-9H2. The van der Waals surface area contributed by atoms with Gasteiger partial charge in [0.05, 0.1) is 12.7 Å². The van der Waals surface area contributed by atoms with Crippen LogP contribution in [0.4, 0.5) is 4.39 Å². The summed E-state index contributed by atoms with van der Waals surface area (Å²) in [5, 5.41) is 8.21. The molecule has 0 aromatic rings. The predicted molar refractivity (Wildman–Crippen MR) is 45.5 cm³/mol. The molecule has 0 rings (SSSR count). The number of nitriles is 1. The summed E-state index contributed by atoms with van der Waals surface area (Å²) >= 11 is 0. The highest BCUT2D eigenvalue weighted by molar-refractivity contribution is 4.67. The minimum atomic E-state index is -0.252. The van der Waals surface area contributed by atoms with Gasteiger partial charge >= 0.3 is 0 Å². The molecule has 0 aromatic carbocycles. The highest BCUT2D eigenvalue weighted by atomic mass is 19.1. The number of alkyl halides is 1. The Kier molecular flexibility index (Phi) is 9.84. The van der Waals surface area contributed by atoms with Crippen molar-refractivity contribution in [3.63, 3.8) is 0 Å². The maximum atomic E-state index is 11.6. The van der Waals surface area contributed by atoms with E-state index in [2.05, 4.69) is 6.07 Å². The fourth-order valence-corrected chi connectivity index (χ4v) is 0.809. The molecule has 0 aliphatic heterocycles. The van der Waals surface area contributed by atoms with Gasteiger partial charge in [-0.3, -0.25) is 4.39 Å². The molecule has 70 valence electrons. The first-order chi connectivity index (χ1) is 5.91. The Morgan fingerprint density at radius 1 is 1.08 bits per heavy atom. The molecule has 12 heavy (non-hydrogen) atoms. The molecule has 0 N–H and O–H groups in total. The van der Waals surface area contributed by atoms with Gasteiger partial charge in [-0.2, -0.15) is 5.26 Å². The molecule has 0 spiro atoms. The minimum Gasteiger partial charge on any atom is -0.381 e. The van der Waals surface area contributed by atoms with Gasteiger partial charge in [0, 0.05) is 19.6 Å². The Labute approximate surface area is 73.3 Å². The number of hydrogen-bond donors (Lipinski definition) is 0. The number of rotatable bonds is 8. The van der Waals surface area contributed by atoms with Crippen LogP contribution in [0, 0.1) is 11.3 Å². The third-order valence-corrected chi connectivity index (χ3v) is 1.50. The second-order valence-corrected chi connectivity index (χ2v) is 2.62. The summed E-state index contributed by atoms with van der Waals surface area (Å²) < 4.78 is 16.8. The second kappa shape index (κ2) is 10.4. The van der Waals surface area contributed by atoms with Crippen LogP contribution < -0.4 is 0 Å². The van der Waals surface area contributed by atoms with Gasteiger partial charge in [0.2, 0.25) is 0 Å². The first kappa shape index (κ1) is 11.4. The van der Waals surface area contributed by atoms with Crippen LogP contribution >= 0.6 is 0 Å². The van der Waals surface area contributed by atoms with Gasteiger partial charge in [-0.05, 0) is 25.7 Å². The third-order valence-electron chi connectivity index (χ3n) is 1.50. The van der Waals surface area contributed by atoms with Crippen molar-refractivity contribution in [1.29, 1.82) is 5.26 Å². The Morgan fingerprint density at radius 3 is 2.33 bits per heavy atom. The van der Waals surface area contributed by atoms with E-state index in [4.69, 9.17) is 10.00 Å². The van der Waals surface area contributed by atoms with Gasteiger partial charge in [-0.15, -0.1) is 0 Å². The molecule has 0 aliphatic carbocycles. The van der Waals surface area contributed by atoms with E-state index in [0.717, 1.165) is 19.3 Å². The molecule has 0 fully saturated rings. The smallest absolute Gasteiger partial charge is 0.0895 e. The summed E-state index contributed by atoms with van der Waals surface area (Å²) in [6, 6.07) is 2.07. The van der Waals surface area contributed by atoms with E-state index in [1.165, 1.54) is 0 Å². The number of nitrogens with zero attached hydrogens (tertiary/aromatic N) is 1. The highest BCUT2D eigenvalue weighted by Gasteiger charge is 1.90. The van der Waals surface area contributed by atoms with Crippen molar-refractivity contribution in [1.82, 2.24) is 0 Å². The molecule has 0 aromatic heterocycles. The van der Waals surface area contributed by atoms with Crippen LogP contribution in [-0.4, -0.2) is 19.9 Å². The maximum Gasteiger partial charge on any atom is 0.0895 e. The van der Waals surface area contributed by atoms with Crippen LogP contribution in [0.3, 0.4) is 0 Å². The number of ether oxygens (including phenoxy) is 1. The molecular weight excluding hydrogens is 157 g/mol. The van der Waals surface area contributed by atoms with Crippen LogP contribution in [0.5, 0.6) is 0 Å². The Balaban J connectivity index is 2.78. The van der Waals surface area contributed by atoms with Crippen molar-refractivity contribution >= 4 is 0 Å². The lowest BCUT2D eigenvalue weighted by Crippen LogP contribution is -1.97. The van der Waals surface area contributed by atoms with Crippen LogP contribution in [0.2, 0.25) is 0 Å². The average molecular weight is 173 g/mol. The lowest BCUT2D eigenvalue weighted by atomic mass is 10.2. The van der Waals surface area contributed by atoms with E-state index in [9.17, 15) is 4.39 Å². The van der Waals surface area contributed by atoms with E-state index in [0.29, 0.717) is 26.1 Å². The molecule has 0 unspecified atom stereocenters. The second-order valence-electron chi connectivity index (χ2n) is 2.62. The molecule has 0 amide bonds. The molecule has 0 radical (unpaired) electrons. The van der Waals surface area contributed by atoms with Crippen molar-refractivity contribution in [2.75, 3.05) is 19.9 Å². The maximum absolute atomic E-state index is 11.6. The quantitative estimate of drug-likeness (QED) is 0.528. The lowest BCUT2D eigenvalue weighted by Gasteiger charge is -2.00. The third kappa shape index (κ3) is 9.38. The van der Waals surface area contributed by atoms with Gasteiger partial charge in [0.25, 0.3) is 0 Å². The summed E-state index contributed by atoms with van der Waals surface area (Å²) in [6.45, 7) is 1.10. The predicted octanol–water partition coefficient (Wildman–Crippen LogP) is 2.45. The van der Waals surface area contributed by atoms with E-state index < -0.39 is 0 Å². The molecular formula is C9H16FNO. The summed E-state index contributed by atoms with van der Waals surface area (Å²) in [4.78, 5) is 0. The molecule has 0 saturated heterocycles. The highest BCUT2D eigenvalue weighted by Crippen LogP contribution is 1.96. The largest absolute Gasteiger partial charge is 0.381 e. The molecule has 0 heterocycles. The summed E-state index contributed by atoms with van der Waals surface area (Å²) in [5.41, 5.74) is 0. The SMILES string of the molecule is N#CCCCCOCCCCF. The zero-order valence-electron chi connectivity index (χ0n) is 7.39. The van der Waals surface area contributed by atoms with E-state index in [1.807, 2.05) is 0 Å². The first-order valence-corrected chi connectivity index (χ1v) is 4.42. The molecule has 3 heteroatoms. The summed E-state index contributed by atoms with van der Waals surface area (Å²) in [7, 11) is 0. The first-order valence-electron chi connectivity index (χ1n) is 4.42. The number of hydrogen-bond acceptors (Lipinski definition) is 2. The average Bonchev–Trinajstić information content (AvgIpc) is 2.10. The van der Waals surface area contributed by atoms with E-state index >= 15 is 0 Å². The molecule has 0 atom stereocenters. The van der Waals surface area contributed by atoms with Crippen molar-refractivity contribution < 1.29 is 9.13 Å². The monoisotopic (exact) mass is 173 g/mol. The molecule has 0 saturated carbocycles. The number of unbranched alkanes of at least 4 members (excludes halogenated alkanes) is 3. The zero-order chi connectivity index (χ0) is 9.07. The van der Waals surface area contributed by atoms with Crippen molar-refractivity contribution in [3.8, 4) is 6.07 Å². The normalized spacial score (nSPS) is 9.67. The van der Waals surface area contributed by atoms with Gasteiger partial charge < -0.3 is 4.74 Å². The van der Waals surface area contributed by atoms with Crippen molar-refractivity contribution in [3.05, 3.63) is 0 Å². The molecule has 0 bridgehead atoms. The summed E-state index contributed by atoms with van der Waals surface area (Å²) in [6.07, 6.45) is 3.84. The molecule has 0 aliphatic rings. The Hall–Kier alpha value is -0.620. The van der Waals surface area contributed by atoms with Gasteiger partial charge in [-0.1, -0.05) is 0 Å². The van der Waals surface area contributed by atoms with Crippen molar-refractivity contribution in [2.24, 2.45) is 0 Å². The Bertz CT molecular complexity index is 122. The van der Waals surface area contributed by atoms with Crippen LogP contribution in [0.1, 0.15) is 32.1 Å². The van der Waals surface area contributed by atoms with Gasteiger partial charge in [0.1, 0.15) is 0 Å². The van der Waals surface area contributed by atoms with Crippen LogP contribution in [-0.2, 0) is 4.74 Å². The van der Waals surface area contributed by atoms with Gasteiger partial charge in [0.15, 0.2) is 0 Å². The lowest BCUT2D eigenvalue weighted by molar-refractivity contribution is 0.125. The van der Waals surface area contributed by atoms with E-state index in [1.54, 1.807) is 0 Å². The topological polar surface area (TPSA) is 33.0 Å². The molecule has 2 nitrogen and oxygen atoms in total. The zero-order valence-corrected chi connectivity index (χ0v) is 7.39. The fourth-order valence-electron chi connectivity index (χ4n) is 0.809. The van der Waals surface area contributed by atoms with Crippen molar-refractivity contribution in [2.45, 2.75) is 32.1 Å². The number of halogens is 1.